The van der Waals surface area contributed by atoms with Crippen molar-refractivity contribution in [1.82, 2.24) is 4.98 Å². The molecular formula is C10H15NO2. The largest absolute Gasteiger partial charge is 0.477 e. The summed E-state index contributed by atoms with van der Waals surface area (Å²) < 4.78 is 5.40. The van der Waals surface area contributed by atoms with Crippen molar-refractivity contribution in [2.45, 2.75) is 26.4 Å². The molecule has 0 unspecified atom stereocenters. The van der Waals surface area contributed by atoms with Crippen LogP contribution in [0.5, 0.6) is 5.88 Å². The highest BCUT2D eigenvalue weighted by molar-refractivity contribution is 5.24. The lowest BCUT2D eigenvalue weighted by Gasteiger charge is -2.07. The lowest BCUT2D eigenvalue weighted by Crippen LogP contribution is -2.01. The number of aliphatic hydroxyl groups excluding tert-OH is 1. The molecule has 0 aliphatic heterocycles. The standard InChI is InChI=1S/C10H15NO2/c1-2-3-7-13-10-9(8-12)5-4-6-11-10/h4-6,12H,2-3,7-8H2,1H3. The van der Waals surface area contributed by atoms with Gasteiger partial charge in [-0.2, -0.15) is 0 Å². The van der Waals surface area contributed by atoms with Gasteiger partial charge in [0.05, 0.1) is 13.2 Å². The second-order valence-corrected chi connectivity index (χ2v) is 2.83. The Morgan fingerprint density at radius 3 is 3.08 bits per heavy atom. The Balaban J connectivity index is 2.54. The van der Waals surface area contributed by atoms with Crippen LogP contribution in [0.2, 0.25) is 0 Å². The summed E-state index contributed by atoms with van der Waals surface area (Å²) in [6.07, 6.45) is 3.78. The van der Waals surface area contributed by atoms with E-state index in [1.54, 1.807) is 12.3 Å². The lowest BCUT2D eigenvalue weighted by atomic mass is 10.3. The Morgan fingerprint density at radius 2 is 2.38 bits per heavy atom. The van der Waals surface area contributed by atoms with E-state index in [2.05, 4.69) is 11.9 Å². The topological polar surface area (TPSA) is 42.4 Å². The minimum atomic E-state index is -0.0186. The molecule has 0 saturated carbocycles. The Hall–Kier alpha value is -1.09. The Kier molecular flexibility index (Phi) is 4.26. The zero-order valence-electron chi connectivity index (χ0n) is 7.86. The van der Waals surface area contributed by atoms with Crippen LogP contribution in [0, 0.1) is 0 Å². The van der Waals surface area contributed by atoms with Crippen LogP contribution in [0.3, 0.4) is 0 Å². The predicted octanol–water partition coefficient (Wildman–Crippen LogP) is 1.75. The molecule has 72 valence electrons. The van der Waals surface area contributed by atoms with Gasteiger partial charge in [-0.25, -0.2) is 4.98 Å². The van der Waals surface area contributed by atoms with E-state index in [0.717, 1.165) is 18.4 Å². The van der Waals surface area contributed by atoms with E-state index in [4.69, 9.17) is 9.84 Å². The molecule has 0 radical (unpaired) electrons. The van der Waals surface area contributed by atoms with E-state index < -0.39 is 0 Å². The van der Waals surface area contributed by atoms with Gasteiger partial charge < -0.3 is 9.84 Å². The smallest absolute Gasteiger partial charge is 0.218 e. The molecule has 0 aliphatic carbocycles. The lowest BCUT2D eigenvalue weighted by molar-refractivity contribution is 0.255. The van der Waals surface area contributed by atoms with Crippen molar-refractivity contribution in [1.29, 1.82) is 0 Å². The summed E-state index contributed by atoms with van der Waals surface area (Å²) in [5.74, 6) is 0.554. The minimum Gasteiger partial charge on any atom is -0.477 e. The van der Waals surface area contributed by atoms with Crippen molar-refractivity contribution < 1.29 is 9.84 Å². The van der Waals surface area contributed by atoms with E-state index >= 15 is 0 Å². The van der Waals surface area contributed by atoms with Crippen LogP contribution in [0.25, 0.3) is 0 Å². The van der Waals surface area contributed by atoms with Gasteiger partial charge in [0, 0.05) is 11.8 Å². The van der Waals surface area contributed by atoms with Gasteiger partial charge in [-0.15, -0.1) is 0 Å². The van der Waals surface area contributed by atoms with Crippen LogP contribution in [-0.2, 0) is 6.61 Å². The fourth-order valence-electron chi connectivity index (χ4n) is 0.988. The molecule has 0 atom stereocenters. The number of unbranched alkanes of at least 4 members (excludes halogenated alkanes) is 1. The predicted molar refractivity (Wildman–Crippen MR) is 50.6 cm³/mol. The summed E-state index contributed by atoms with van der Waals surface area (Å²) in [4.78, 5) is 4.04. The summed E-state index contributed by atoms with van der Waals surface area (Å²) in [5, 5.41) is 8.95. The van der Waals surface area contributed by atoms with E-state index in [1.807, 2.05) is 6.07 Å². The normalized spacial score (nSPS) is 10.0. The average Bonchev–Trinajstić information content (AvgIpc) is 2.19. The van der Waals surface area contributed by atoms with Crippen molar-refractivity contribution in [3.05, 3.63) is 23.9 Å². The van der Waals surface area contributed by atoms with Gasteiger partial charge >= 0.3 is 0 Å². The summed E-state index contributed by atoms with van der Waals surface area (Å²) >= 11 is 0. The van der Waals surface area contributed by atoms with Crippen molar-refractivity contribution in [2.24, 2.45) is 0 Å². The van der Waals surface area contributed by atoms with Crippen LogP contribution in [0.4, 0.5) is 0 Å². The molecule has 0 amide bonds. The van der Waals surface area contributed by atoms with Gasteiger partial charge in [-0.1, -0.05) is 13.3 Å². The molecule has 1 rings (SSSR count). The number of aromatic nitrogens is 1. The third kappa shape index (κ3) is 3.03. The third-order valence-corrected chi connectivity index (χ3v) is 1.76. The summed E-state index contributed by atoms with van der Waals surface area (Å²) in [6, 6.07) is 3.60. The second-order valence-electron chi connectivity index (χ2n) is 2.83. The Bertz CT molecular complexity index is 250. The number of nitrogens with zero attached hydrogens (tertiary/aromatic N) is 1. The SMILES string of the molecule is CCCCOc1ncccc1CO. The number of ether oxygens (including phenoxy) is 1. The summed E-state index contributed by atoms with van der Waals surface area (Å²) in [7, 11) is 0. The highest BCUT2D eigenvalue weighted by Crippen LogP contribution is 2.13. The molecule has 0 bridgehead atoms. The number of hydrogen-bond acceptors (Lipinski definition) is 3. The van der Waals surface area contributed by atoms with E-state index in [0.29, 0.717) is 12.5 Å². The number of pyridine rings is 1. The van der Waals surface area contributed by atoms with Crippen molar-refractivity contribution in [2.75, 3.05) is 6.61 Å². The first-order valence-corrected chi connectivity index (χ1v) is 4.56. The van der Waals surface area contributed by atoms with Crippen molar-refractivity contribution in [3.63, 3.8) is 0 Å². The first-order chi connectivity index (χ1) is 6.38. The highest BCUT2D eigenvalue weighted by atomic mass is 16.5. The number of rotatable bonds is 5. The molecule has 13 heavy (non-hydrogen) atoms. The molecule has 0 aliphatic rings. The van der Waals surface area contributed by atoms with Crippen molar-refractivity contribution in [3.8, 4) is 5.88 Å². The summed E-state index contributed by atoms with van der Waals surface area (Å²) in [6.45, 7) is 2.75. The fraction of sp³-hybridized carbons (Fsp3) is 0.500. The zero-order valence-corrected chi connectivity index (χ0v) is 7.86. The molecule has 1 N–H and O–H groups in total. The molecule has 1 aromatic heterocycles. The monoisotopic (exact) mass is 181 g/mol. The first kappa shape index (κ1) is 9.99. The molecule has 0 fully saturated rings. The highest BCUT2D eigenvalue weighted by Gasteiger charge is 2.01. The van der Waals surface area contributed by atoms with Crippen LogP contribution >= 0.6 is 0 Å². The Morgan fingerprint density at radius 1 is 1.54 bits per heavy atom. The zero-order chi connectivity index (χ0) is 9.52. The summed E-state index contributed by atoms with van der Waals surface area (Å²) in [5.41, 5.74) is 0.749. The molecule has 1 aromatic rings. The molecule has 3 nitrogen and oxygen atoms in total. The molecule has 0 spiro atoms. The van der Waals surface area contributed by atoms with Gasteiger partial charge in [0.1, 0.15) is 0 Å². The van der Waals surface area contributed by atoms with Gasteiger partial charge in [-0.3, -0.25) is 0 Å². The molecular weight excluding hydrogens is 166 g/mol. The van der Waals surface area contributed by atoms with Crippen molar-refractivity contribution >= 4 is 0 Å². The maximum Gasteiger partial charge on any atom is 0.218 e. The number of hydrogen-bond donors (Lipinski definition) is 1. The van der Waals surface area contributed by atoms with Gasteiger partial charge in [0.15, 0.2) is 0 Å². The van der Waals surface area contributed by atoms with Crippen LogP contribution in [0.1, 0.15) is 25.3 Å². The average molecular weight is 181 g/mol. The number of aliphatic hydroxyl groups is 1. The fourth-order valence-corrected chi connectivity index (χ4v) is 0.988. The maximum atomic E-state index is 8.95. The van der Waals surface area contributed by atoms with Crippen LogP contribution in [-0.4, -0.2) is 16.7 Å². The third-order valence-electron chi connectivity index (χ3n) is 1.76. The molecule has 1 heterocycles. The second kappa shape index (κ2) is 5.54. The molecule has 0 aromatic carbocycles. The van der Waals surface area contributed by atoms with Gasteiger partial charge in [0.2, 0.25) is 5.88 Å². The molecule has 0 saturated heterocycles. The van der Waals surface area contributed by atoms with E-state index in [1.165, 1.54) is 0 Å². The first-order valence-electron chi connectivity index (χ1n) is 4.56. The van der Waals surface area contributed by atoms with Crippen LogP contribution in [0.15, 0.2) is 18.3 Å². The molecule has 3 heteroatoms. The quantitative estimate of drug-likeness (QED) is 0.704. The van der Waals surface area contributed by atoms with Gasteiger partial charge in [0.25, 0.3) is 0 Å². The van der Waals surface area contributed by atoms with E-state index in [-0.39, 0.29) is 6.61 Å². The minimum absolute atomic E-state index is 0.0186. The van der Waals surface area contributed by atoms with Crippen LogP contribution < -0.4 is 4.74 Å². The Labute approximate surface area is 78.4 Å². The van der Waals surface area contributed by atoms with E-state index in [9.17, 15) is 0 Å². The maximum absolute atomic E-state index is 8.95. The van der Waals surface area contributed by atoms with Gasteiger partial charge in [-0.05, 0) is 18.6 Å².